The van der Waals surface area contributed by atoms with Gasteiger partial charge in [-0.1, -0.05) is 48.2 Å². The predicted octanol–water partition coefficient (Wildman–Crippen LogP) is 4.39. The first-order valence-corrected chi connectivity index (χ1v) is 7.39. The van der Waals surface area contributed by atoms with Crippen LogP contribution >= 0.6 is 11.8 Å². The fourth-order valence-corrected chi connectivity index (χ4v) is 3.17. The molecule has 4 heteroatoms. The molecule has 0 radical (unpaired) electrons. The Balaban J connectivity index is 1.70. The summed E-state index contributed by atoms with van der Waals surface area (Å²) in [5.74, 6) is -0.248. The third kappa shape index (κ3) is 2.85. The molecule has 3 rings (SSSR count). The lowest BCUT2D eigenvalue weighted by Gasteiger charge is -2.10. The fourth-order valence-electron chi connectivity index (χ4n) is 2.14. The van der Waals surface area contributed by atoms with Crippen molar-refractivity contribution in [3.8, 4) is 0 Å². The van der Waals surface area contributed by atoms with Gasteiger partial charge in [-0.2, -0.15) is 0 Å². The van der Waals surface area contributed by atoms with Gasteiger partial charge in [0.2, 0.25) is 0 Å². The summed E-state index contributed by atoms with van der Waals surface area (Å²) in [5, 5.41) is 4.18. The second kappa shape index (κ2) is 5.67. The van der Waals surface area contributed by atoms with Gasteiger partial charge in [0.1, 0.15) is 5.82 Å². The Bertz CT molecular complexity index is 640. The highest BCUT2D eigenvalue weighted by atomic mass is 32.2. The summed E-state index contributed by atoms with van der Waals surface area (Å²) in [4.78, 5) is 4.46. The lowest BCUT2D eigenvalue weighted by atomic mass is 10.1. The molecule has 1 atom stereocenters. The highest BCUT2D eigenvalue weighted by Crippen LogP contribution is 2.35. The predicted molar refractivity (Wildman–Crippen MR) is 83.8 cm³/mol. The zero-order valence-electron chi connectivity index (χ0n) is 11.1. The normalized spacial score (nSPS) is 17.9. The molecule has 1 heterocycles. The molecule has 1 aliphatic heterocycles. The minimum absolute atomic E-state index is 0.248. The lowest BCUT2D eigenvalue weighted by Crippen LogP contribution is -2.07. The molecule has 20 heavy (non-hydrogen) atoms. The molecule has 2 aromatic rings. The van der Waals surface area contributed by atoms with Crippen molar-refractivity contribution < 1.29 is 4.39 Å². The number of rotatable bonds is 2. The summed E-state index contributed by atoms with van der Waals surface area (Å²) in [7, 11) is 0. The Kier molecular flexibility index (Phi) is 3.74. The number of amidine groups is 1. The van der Waals surface area contributed by atoms with Gasteiger partial charge < -0.3 is 5.32 Å². The maximum atomic E-state index is 13.7. The largest absolute Gasteiger partial charge is 0.333 e. The van der Waals surface area contributed by atoms with Gasteiger partial charge >= 0.3 is 0 Å². The van der Waals surface area contributed by atoms with Gasteiger partial charge in [-0.15, -0.1) is 0 Å². The van der Waals surface area contributed by atoms with Crippen molar-refractivity contribution in [3.05, 3.63) is 65.5 Å². The average Bonchev–Trinajstić information content (AvgIpc) is 2.92. The number of hydrogen-bond donors (Lipinski definition) is 1. The minimum atomic E-state index is -0.248. The molecule has 0 aromatic heterocycles. The van der Waals surface area contributed by atoms with Crippen LogP contribution in [0.2, 0.25) is 0 Å². The molecule has 0 saturated heterocycles. The first-order valence-electron chi connectivity index (χ1n) is 6.51. The molecule has 0 spiro atoms. The van der Waals surface area contributed by atoms with Crippen molar-refractivity contribution in [2.24, 2.45) is 4.99 Å². The Labute approximate surface area is 122 Å². The van der Waals surface area contributed by atoms with Crippen LogP contribution < -0.4 is 5.32 Å². The molecule has 0 amide bonds. The van der Waals surface area contributed by atoms with Crippen LogP contribution in [-0.2, 0) is 0 Å². The van der Waals surface area contributed by atoms with Crippen LogP contribution in [0.15, 0.2) is 53.5 Å². The molecule has 1 unspecified atom stereocenters. The van der Waals surface area contributed by atoms with Gasteiger partial charge in [-0.3, -0.25) is 4.99 Å². The summed E-state index contributed by atoms with van der Waals surface area (Å²) in [6.07, 6.45) is 0. The Morgan fingerprint density at radius 3 is 2.80 bits per heavy atom. The quantitative estimate of drug-likeness (QED) is 0.885. The smallest absolute Gasteiger partial charge is 0.161 e. The van der Waals surface area contributed by atoms with Crippen molar-refractivity contribution in [2.45, 2.75) is 12.2 Å². The number of benzene rings is 2. The number of nitrogens with one attached hydrogen (secondary N) is 1. The number of aliphatic imine (C=N–C) groups is 1. The molecule has 2 aromatic carbocycles. The third-order valence-corrected chi connectivity index (χ3v) is 4.35. The first kappa shape index (κ1) is 13.2. The Morgan fingerprint density at radius 1 is 1.20 bits per heavy atom. The number of thioether (sulfide) groups is 1. The molecule has 102 valence electrons. The highest BCUT2D eigenvalue weighted by Gasteiger charge is 2.21. The second-order valence-electron chi connectivity index (χ2n) is 4.77. The fraction of sp³-hybridized carbons (Fsp3) is 0.188. The van der Waals surface area contributed by atoms with E-state index in [9.17, 15) is 4.39 Å². The van der Waals surface area contributed by atoms with E-state index in [0.717, 1.165) is 17.3 Å². The average molecular weight is 286 g/mol. The SMILES string of the molecule is Cc1ccc(F)c(NC2=NCC(c3ccccc3)S2)c1. The van der Waals surface area contributed by atoms with E-state index in [4.69, 9.17) is 0 Å². The molecule has 1 aliphatic rings. The van der Waals surface area contributed by atoms with Crippen molar-refractivity contribution in [2.75, 3.05) is 11.9 Å². The van der Waals surface area contributed by atoms with Crippen molar-refractivity contribution in [1.82, 2.24) is 0 Å². The van der Waals surface area contributed by atoms with E-state index in [1.807, 2.05) is 25.1 Å². The van der Waals surface area contributed by atoms with E-state index in [1.54, 1.807) is 23.9 Å². The maximum absolute atomic E-state index is 13.7. The van der Waals surface area contributed by atoms with Gasteiger partial charge in [0.25, 0.3) is 0 Å². The van der Waals surface area contributed by atoms with Crippen LogP contribution in [0, 0.1) is 12.7 Å². The van der Waals surface area contributed by atoms with E-state index < -0.39 is 0 Å². The summed E-state index contributed by atoms with van der Waals surface area (Å²) in [6.45, 7) is 2.67. The highest BCUT2D eigenvalue weighted by molar-refractivity contribution is 8.14. The van der Waals surface area contributed by atoms with Crippen LogP contribution in [0.3, 0.4) is 0 Å². The first-order chi connectivity index (χ1) is 9.72. The second-order valence-corrected chi connectivity index (χ2v) is 5.96. The summed E-state index contributed by atoms with van der Waals surface area (Å²) in [5.41, 5.74) is 2.77. The number of aryl methyl sites for hydroxylation is 1. The maximum Gasteiger partial charge on any atom is 0.161 e. The van der Waals surface area contributed by atoms with Gasteiger partial charge in [0.15, 0.2) is 5.17 Å². The van der Waals surface area contributed by atoms with Crippen LogP contribution in [-0.4, -0.2) is 11.7 Å². The van der Waals surface area contributed by atoms with E-state index in [-0.39, 0.29) is 5.82 Å². The Hall–Kier alpha value is -1.81. The molecular formula is C16H15FN2S. The number of halogens is 1. The summed E-state index contributed by atoms with van der Waals surface area (Å²) >= 11 is 1.65. The molecule has 1 N–H and O–H groups in total. The third-order valence-electron chi connectivity index (χ3n) is 3.19. The van der Waals surface area contributed by atoms with E-state index in [1.165, 1.54) is 11.6 Å². The molecule has 2 nitrogen and oxygen atoms in total. The number of nitrogens with zero attached hydrogens (tertiary/aromatic N) is 1. The van der Waals surface area contributed by atoms with Crippen molar-refractivity contribution in [3.63, 3.8) is 0 Å². The molecule has 0 fully saturated rings. The van der Waals surface area contributed by atoms with Crippen LogP contribution in [0.25, 0.3) is 0 Å². The lowest BCUT2D eigenvalue weighted by molar-refractivity contribution is 0.632. The van der Waals surface area contributed by atoms with Crippen molar-refractivity contribution in [1.29, 1.82) is 0 Å². The Morgan fingerprint density at radius 2 is 2.00 bits per heavy atom. The molecule has 0 aliphatic carbocycles. The van der Waals surface area contributed by atoms with E-state index >= 15 is 0 Å². The summed E-state index contributed by atoms with van der Waals surface area (Å²) < 4.78 is 13.7. The monoisotopic (exact) mass is 286 g/mol. The van der Waals surface area contributed by atoms with Crippen LogP contribution in [0.1, 0.15) is 16.4 Å². The molecule has 0 bridgehead atoms. The van der Waals surface area contributed by atoms with Crippen LogP contribution in [0.4, 0.5) is 10.1 Å². The van der Waals surface area contributed by atoms with Crippen molar-refractivity contribution >= 4 is 22.6 Å². The van der Waals surface area contributed by atoms with Gasteiger partial charge in [-0.05, 0) is 30.2 Å². The minimum Gasteiger partial charge on any atom is -0.333 e. The molecule has 0 saturated carbocycles. The van der Waals surface area contributed by atoms with E-state index in [0.29, 0.717) is 10.9 Å². The number of anilines is 1. The van der Waals surface area contributed by atoms with Gasteiger partial charge in [0.05, 0.1) is 17.5 Å². The van der Waals surface area contributed by atoms with Crippen LogP contribution in [0.5, 0.6) is 0 Å². The number of hydrogen-bond acceptors (Lipinski definition) is 3. The standard InChI is InChI=1S/C16H15FN2S/c1-11-7-8-13(17)14(9-11)19-16-18-10-15(20-16)12-5-3-2-4-6-12/h2-9,15H,10H2,1H3,(H,18,19). The zero-order valence-corrected chi connectivity index (χ0v) is 12.0. The topological polar surface area (TPSA) is 24.4 Å². The molecular weight excluding hydrogens is 271 g/mol. The van der Waals surface area contributed by atoms with Gasteiger partial charge in [-0.25, -0.2) is 4.39 Å². The summed E-state index contributed by atoms with van der Waals surface area (Å²) in [6, 6.07) is 15.3. The zero-order chi connectivity index (χ0) is 13.9. The van der Waals surface area contributed by atoms with E-state index in [2.05, 4.69) is 22.4 Å². The van der Waals surface area contributed by atoms with Gasteiger partial charge in [0, 0.05) is 0 Å².